The first-order valence-electron chi connectivity index (χ1n) is 5.42. The van der Waals surface area contributed by atoms with Crippen molar-refractivity contribution < 1.29 is 18.4 Å². The van der Waals surface area contributed by atoms with Crippen LogP contribution in [0.4, 0.5) is 0 Å². The van der Waals surface area contributed by atoms with Crippen molar-refractivity contribution in [2.24, 2.45) is 5.73 Å². The summed E-state index contributed by atoms with van der Waals surface area (Å²) in [6.45, 7) is 4.48. The van der Waals surface area contributed by atoms with Gasteiger partial charge in [-0.25, -0.2) is 0 Å². The summed E-state index contributed by atoms with van der Waals surface area (Å²) in [4.78, 5) is 11.3. The fourth-order valence-electron chi connectivity index (χ4n) is 1.06. The Morgan fingerprint density at radius 1 is 1.31 bits per heavy atom. The van der Waals surface area contributed by atoms with Crippen LogP contribution in [0.15, 0.2) is 0 Å². The molecule has 0 atom stereocenters. The zero-order chi connectivity index (χ0) is 12.4. The fraction of sp³-hybridized carbons (Fsp3) is 0.889. The molecule has 0 aromatic rings. The molecule has 96 valence electrons. The number of nitrogens with two attached hydrogens (primary N) is 1. The second-order valence-electron chi connectivity index (χ2n) is 3.10. The van der Waals surface area contributed by atoms with Gasteiger partial charge in [0.05, 0.1) is 13.2 Å². The van der Waals surface area contributed by atoms with Gasteiger partial charge in [0, 0.05) is 6.42 Å². The fourth-order valence-corrected chi connectivity index (χ4v) is 2.47. The van der Waals surface area contributed by atoms with E-state index in [4.69, 9.17) is 14.8 Å². The van der Waals surface area contributed by atoms with Gasteiger partial charge in [-0.05, 0) is 26.8 Å². The van der Waals surface area contributed by atoms with Gasteiger partial charge in [0.25, 0.3) is 0 Å². The lowest BCUT2D eigenvalue weighted by Gasteiger charge is -2.17. The van der Waals surface area contributed by atoms with Crippen molar-refractivity contribution in [1.82, 2.24) is 5.32 Å². The molecule has 0 aromatic carbocycles. The van der Waals surface area contributed by atoms with E-state index in [9.17, 15) is 9.36 Å². The molecule has 0 heterocycles. The van der Waals surface area contributed by atoms with Gasteiger partial charge >= 0.3 is 7.60 Å². The average Bonchev–Trinajstić information content (AvgIpc) is 2.24. The molecule has 0 saturated heterocycles. The molecule has 0 aliphatic rings. The van der Waals surface area contributed by atoms with E-state index in [1.54, 1.807) is 13.8 Å². The van der Waals surface area contributed by atoms with Crippen LogP contribution in [0.2, 0.25) is 0 Å². The quantitative estimate of drug-likeness (QED) is 0.599. The predicted molar refractivity (Wildman–Crippen MR) is 62.2 cm³/mol. The Bertz CT molecular complexity index is 238. The van der Waals surface area contributed by atoms with Gasteiger partial charge in [0.2, 0.25) is 5.91 Å². The molecule has 0 spiro atoms. The first kappa shape index (κ1) is 15.6. The molecule has 0 saturated carbocycles. The number of hydrogen-bond donors (Lipinski definition) is 2. The Hall–Kier alpha value is -0.420. The summed E-state index contributed by atoms with van der Waals surface area (Å²) >= 11 is 0. The lowest BCUT2D eigenvalue weighted by atomic mass is 10.3. The molecule has 16 heavy (non-hydrogen) atoms. The van der Waals surface area contributed by atoms with Crippen LogP contribution in [0.5, 0.6) is 0 Å². The smallest absolute Gasteiger partial charge is 0.344 e. The minimum atomic E-state index is -3.17. The number of carbonyl (C=O) groups is 1. The predicted octanol–water partition coefficient (Wildman–Crippen LogP) is 1.07. The van der Waals surface area contributed by atoms with Crippen molar-refractivity contribution in [2.75, 3.05) is 26.0 Å². The normalized spacial score (nSPS) is 11.4. The van der Waals surface area contributed by atoms with Crippen molar-refractivity contribution in [1.29, 1.82) is 0 Å². The molecule has 0 aliphatic carbocycles. The first-order valence-corrected chi connectivity index (χ1v) is 7.15. The van der Waals surface area contributed by atoms with Gasteiger partial charge in [0.1, 0.15) is 6.29 Å². The summed E-state index contributed by atoms with van der Waals surface area (Å²) in [7, 11) is -3.17. The second kappa shape index (κ2) is 8.70. The standard InChI is InChI=1S/C9H21N2O4P/c1-3-14-16(13,15-4-2)8-11-9(12)6-5-7-10/h3-8,10H2,1-2H3,(H,11,12). The first-order chi connectivity index (χ1) is 7.58. The Balaban J connectivity index is 4.01. The maximum atomic E-state index is 11.9. The summed E-state index contributed by atoms with van der Waals surface area (Å²) in [5.74, 6) is -0.190. The largest absolute Gasteiger partial charge is 0.349 e. The lowest BCUT2D eigenvalue weighted by Crippen LogP contribution is -2.26. The molecule has 0 radical (unpaired) electrons. The topological polar surface area (TPSA) is 90.7 Å². The molecular formula is C9H21N2O4P. The Morgan fingerprint density at radius 2 is 1.88 bits per heavy atom. The summed E-state index contributed by atoms with van der Waals surface area (Å²) in [6.07, 6.45) is 0.853. The molecule has 0 rings (SSSR count). The monoisotopic (exact) mass is 252 g/mol. The number of carbonyl (C=O) groups excluding carboxylic acids is 1. The van der Waals surface area contributed by atoms with E-state index in [0.717, 1.165) is 0 Å². The third-order valence-corrected chi connectivity index (χ3v) is 3.58. The third kappa shape index (κ3) is 6.95. The van der Waals surface area contributed by atoms with E-state index in [1.807, 2.05) is 0 Å². The number of rotatable bonds is 9. The lowest BCUT2D eigenvalue weighted by molar-refractivity contribution is -0.120. The van der Waals surface area contributed by atoms with Crippen molar-refractivity contribution in [3.63, 3.8) is 0 Å². The molecule has 0 aliphatic heterocycles. The summed E-state index contributed by atoms with van der Waals surface area (Å²) in [5.41, 5.74) is 5.27. The van der Waals surface area contributed by atoms with Crippen LogP contribution >= 0.6 is 7.60 Å². The molecule has 0 bridgehead atoms. The maximum absolute atomic E-state index is 11.9. The minimum Gasteiger partial charge on any atom is -0.344 e. The van der Waals surface area contributed by atoms with Crippen LogP contribution in [0.25, 0.3) is 0 Å². The van der Waals surface area contributed by atoms with Crippen LogP contribution in [-0.2, 0) is 18.4 Å². The molecule has 0 aromatic heterocycles. The van der Waals surface area contributed by atoms with Gasteiger partial charge in [0.15, 0.2) is 0 Å². The average molecular weight is 252 g/mol. The molecule has 7 heteroatoms. The maximum Gasteiger partial charge on any atom is 0.349 e. The Morgan fingerprint density at radius 3 is 2.31 bits per heavy atom. The minimum absolute atomic E-state index is 0.0852. The summed E-state index contributed by atoms with van der Waals surface area (Å²) < 4.78 is 21.9. The summed E-state index contributed by atoms with van der Waals surface area (Å²) in [6, 6.07) is 0. The second-order valence-corrected chi connectivity index (χ2v) is 5.15. The van der Waals surface area contributed by atoms with Crippen LogP contribution in [0.3, 0.4) is 0 Å². The van der Waals surface area contributed by atoms with Gasteiger partial charge in [-0.3, -0.25) is 9.36 Å². The van der Waals surface area contributed by atoms with Crippen LogP contribution in [0, 0.1) is 0 Å². The molecule has 1 amide bonds. The van der Waals surface area contributed by atoms with Crippen LogP contribution in [0.1, 0.15) is 26.7 Å². The SMILES string of the molecule is CCOP(=O)(CNC(=O)CCCN)OCC. The van der Waals surface area contributed by atoms with Crippen molar-refractivity contribution >= 4 is 13.5 Å². The van der Waals surface area contributed by atoms with Crippen LogP contribution in [-0.4, -0.2) is 32.0 Å². The van der Waals surface area contributed by atoms with Gasteiger partial charge in [-0.1, -0.05) is 0 Å². The van der Waals surface area contributed by atoms with Crippen molar-refractivity contribution in [2.45, 2.75) is 26.7 Å². The van der Waals surface area contributed by atoms with Gasteiger partial charge in [-0.2, -0.15) is 0 Å². The van der Waals surface area contributed by atoms with E-state index >= 15 is 0 Å². The van der Waals surface area contributed by atoms with Crippen molar-refractivity contribution in [3.8, 4) is 0 Å². The highest BCUT2D eigenvalue weighted by molar-refractivity contribution is 7.53. The van der Waals surface area contributed by atoms with E-state index in [2.05, 4.69) is 5.32 Å². The van der Waals surface area contributed by atoms with Crippen LogP contribution < -0.4 is 11.1 Å². The Labute approximate surface area is 96.4 Å². The highest BCUT2D eigenvalue weighted by Gasteiger charge is 2.23. The highest BCUT2D eigenvalue weighted by atomic mass is 31.2. The number of nitrogens with one attached hydrogen (secondary N) is 1. The number of amides is 1. The molecule has 3 N–H and O–H groups in total. The van der Waals surface area contributed by atoms with E-state index in [1.165, 1.54) is 0 Å². The zero-order valence-electron chi connectivity index (χ0n) is 9.90. The molecule has 0 unspecified atom stereocenters. The van der Waals surface area contributed by atoms with E-state index in [-0.39, 0.29) is 25.4 Å². The highest BCUT2D eigenvalue weighted by Crippen LogP contribution is 2.46. The van der Waals surface area contributed by atoms with Gasteiger partial charge in [-0.15, -0.1) is 0 Å². The van der Waals surface area contributed by atoms with Gasteiger partial charge < -0.3 is 20.1 Å². The molecule has 6 nitrogen and oxygen atoms in total. The van der Waals surface area contributed by atoms with Crippen molar-refractivity contribution in [3.05, 3.63) is 0 Å². The van der Waals surface area contributed by atoms with E-state index < -0.39 is 7.60 Å². The molecule has 0 fully saturated rings. The zero-order valence-corrected chi connectivity index (χ0v) is 10.8. The Kier molecular flexibility index (Phi) is 8.47. The van der Waals surface area contributed by atoms with E-state index in [0.29, 0.717) is 19.4 Å². The summed E-state index contributed by atoms with van der Waals surface area (Å²) in [5, 5.41) is 2.52. The third-order valence-electron chi connectivity index (χ3n) is 1.73. The molecular weight excluding hydrogens is 231 g/mol. The number of hydrogen-bond acceptors (Lipinski definition) is 5.